The number of ether oxygens (including phenoxy) is 1. The number of methoxy groups -OCH3 is 1. The van der Waals surface area contributed by atoms with Crippen LogP contribution in [0, 0.1) is 0 Å². The standard InChI is InChI=1S/C16H23NO3/c1-20-16(19)14-9-11-17(10-5-2-6-12-18)15-8-4-3-7-13(14)15/h3-4,7-8,14,18H,2,5-6,9-12H2,1H3. The summed E-state index contributed by atoms with van der Waals surface area (Å²) in [6.45, 7) is 2.13. The van der Waals surface area contributed by atoms with E-state index in [1.54, 1.807) is 0 Å². The van der Waals surface area contributed by atoms with Crippen LogP contribution in [0.3, 0.4) is 0 Å². The lowest BCUT2D eigenvalue weighted by atomic mass is 9.90. The van der Waals surface area contributed by atoms with Crippen molar-refractivity contribution in [3.63, 3.8) is 0 Å². The Kier molecular flexibility index (Phi) is 5.41. The number of para-hydroxylation sites is 1. The van der Waals surface area contributed by atoms with E-state index in [4.69, 9.17) is 9.84 Å². The van der Waals surface area contributed by atoms with Crippen molar-refractivity contribution in [2.24, 2.45) is 0 Å². The fourth-order valence-electron chi connectivity index (χ4n) is 2.84. The molecule has 1 N–H and O–H groups in total. The maximum absolute atomic E-state index is 11.9. The third kappa shape index (κ3) is 3.31. The first-order valence-electron chi connectivity index (χ1n) is 7.30. The lowest BCUT2D eigenvalue weighted by Gasteiger charge is -2.34. The number of unbranched alkanes of at least 4 members (excludes halogenated alkanes) is 2. The summed E-state index contributed by atoms with van der Waals surface area (Å²) in [6, 6.07) is 8.09. The average molecular weight is 277 g/mol. The number of rotatable bonds is 6. The molecule has 0 bridgehead atoms. The van der Waals surface area contributed by atoms with Crippen molar-refractivity contribution in [2.45, 2.75) is 31.6 Å². The van der Waals surface area contributed by atoms with E-state index in [9.17, 15) is 4.79 Å². The van der Waals surface area contributed by atoms with Crippen molar-refractivity contribution < 1.29 is 14.6 Å². The Hall–Kier alpha value is -1.55. The van der Waals surface area contributed by atoms with Crippen LogP contribution in [-0.2, 0) is 9.53 Å². The van der Waals surface area contributed by atoms with Crippen LogP contribution < -0.4 is 4.90 Å². The van der Waals surface area contributed by atoms with Gasteiger partial charge in [0.1, 0.15) is 0 Å². The SMILES string of the molecule is COC(=O)C1CCN(CCCCCO)c2ccccc21. The van der Waals surface area contributed by atoms with Crippen molar-refractivity contribution in [3.8, 4) is 0 Å². The number of nitrogens with zero attached hydrogens (tertiary/aromatic N) is 1. The minimum Gasteiger partial charge on any atom is -0.469 e. The zero-order valence-electron chi connectivity index (χ0n) is 12.0. The second-order valence-electron chi connectivity index (χ2n) is 5.19. The molecule has 20 heavy (non-hydrogen) atoms. The number of aliphatic hydroxyl groups is 1. The van der Waals surface area contributed by atoms with Crippen LogP contribution in [0.5, 0.6) is 0 Å². The molecule has 0 radical (unpaired) electrons. The predicted molar refractivity (Wildman–Crippen MR) is 79.0 cm³/mol. The highest BCUT2D eigenvalue weighted by atomic mass is 16.5. The van der Waals surface area contributed by atoms with Gasteiger partial charge in [0, 0.05) is 25.4 Å². The van der Waals surface area contributed by atoms with Gasteiger partial charge in [0.2, 0.25) is 0 Å². The van der Waals surface area contributed by atoms with E-state index in [0.717, 1.165) is 50.0 Å². The molecule has 1 aliphatic rings. The molecule has 1 heterocycles. The molecule has 110 valence electrons. The second-order valence-corrected chi connectivity index (χ2v) is 5.19. The average Bonchev–Trinajstić information content (AvgIpc) is 2.50. The van der Waals surface area contributed by atoms with Crippen LogP contribution in [0.25, 0.3) is 0 Å². The third-order valence-corrected chi connectivity index (χ3v) is 3.91. The Balaban J connectivity index is 2.08. The number of aliphatic hydroxyl groups excluding tert-OH is 1. The minimum absolute atomic E-state index is 0.134. The minimum atomic E-state index is -0.141. The molecule has 0 saturated carbocycles. The Labute approximate surface area is 120 Å². The molecule has 0 fully saturated rings. The zero-order valence-corrected chi connectivity index (χ0v) is 12.0. The van der Waals surface area contributed by atoms with Crippen LogP contribution in [0.15, 0.2) is 24.3 Å². The number of hydrogen-bond acceptors (Lipinski definition) is 4. The maximum atomic E-state index is 11.9. The van der Waals surface area contributed by atoms with Crippen molar-refractivity contribution in [1.29, 1.82) is 0 Å². The summed E-state index contributed by atoms with van der Waals surface area (Å²) in [6.07, 6.45) is 3.78. The van der Waals surface area contributed by atoms with Gasteiger partial charge in [-0.25, -0.2) is 0 Å². The summed E-state index contributed by atoms with van der Waals surface area (Å²) in [5, 5.41) is 8.82. The largest absolute Gasteiger partial charge is 0.469 e. The Morgan fingerprint density at radius 2 is 2.15 bits per heavy atom. The lowest BCUT2D eigenvalue weighted by Crippen LogP contribution is -2.34. The van der Waals surface area contributed by atoms with Gasteiger partial charge < -0.3 is 14.7 Å². The molecule has 1 aromatic rings. The number of fused-ring (bicyclic) bond motifs is 1. The van der Waals surface area contributed by atoms with Crippen LogP contribution in [0.4, 0.5) is 5.69 Å². The van der Waals surface area contributed by atoms with E-state index >= 15 is 0 Å². The van der Waals surface area contributed by atoms with Crippen molar-refractivity contribution >= 4 is 11.7 Å². The van der Waals surface area contributed by atoms with Crippen molar-refractivity contribution in [2.75, 3.05) is 31.7 Å². The number of anilines is 1. The topological polar surface area (TPSA) is 49.8 Å². The van der Waals surface area contributed by atoms with E-state index in [2.05, 4.69) is 11.0 Å². The number of benzene rings is 1. The monoisotopic (exact) mass is 277 g/mol. The van der Waals surface area contributed by atoms with Crippen LogP contribution in [0.2, 0.25) is 0 Å². The molecular weight excluding hydrogens is 254 g/mol. The van der Waals surface area contributed by atoms with Crippen LogP contribution >= 0.6 is 0 Å². The summed E-state index contributed by atoms with van der Waals surface area (Å²) in [4.78, 5) is 14.2. The second kappa shape index (κ2) is 7.29. The van der Waals surface area contributed by atoms with Gasteiger partial charge in [0.05, 0.1) is 13.0 Å². The van der Waals surface area contributed by atoms with Gasteiger partial charge in [-0.1, -0.05) is 18.2 Å². The number of hydrogen-bond donors (Lipinski definition) is 1. The summed E-state index contributed by atoms with van der Waals surface area (Å²) >= 11 is 0. The first kappa shape index (κ1) is 14.9. The molecule has 1 unspecified atom stereocenters. The van der Waals surface area contributed by atoms with E-state index in [1.807, 2.05) is 18.2 Å². The maximum Gasteiger partial charge on any atom is 0.313 e. The molecule has 1 atom stereocenters. The van der Waals surface area contributed by atoms with E-state index in [-0.39, 0.29) is 18.5 Å². The summed E-state index contributed by atoms with van der Waals surface area (Å²) in [5.41, 5.74) is 2.23. The van der Waals surface area contributed by atoms with Crippen LogP contribution in [0.1, 0.15) is 37.2 Å². The molecule has 0 amide bonds. The Morgan fingerprint density at radius 3 is 2.90 bits per heavy atom. The molecule has 2 rings (SSSR count). The van der Waals surface area contributed by atoms with Gasteiger partial charge in [-0.05, 0) is 37.3 Å². The predicted octanol–water partition coefficient (Wildman–Crippen LogP) is 2.32. The van der Waals surface area contributed by atoms with Crippen LogP contribution in [-0.4, -0.2) is 37.9 Å². The van der Waals surface area contributed by atoms with E-state index < -0.39 is 0 Å². The molecule has 0 aromatic heterocycles. The van der Waals surface area contributed by atoms with E-state index in [0.29, 0.717) is 0 Å². The quantitative estimate of drug-likeness (QED) is 0.640. The molecule has 1 aliphatic heterocycles. The Morgan fingerprint density at radius 1 is 1.35 bits per heavy atom. The third-order valence-electron chi connectivity index (χ3n) is 3.91. The summed E-state index contributed by atoms with van der Waals surface area (Å²) in [7, 11) is 1.45. The number of esters is 1. The summed E-state index contributed by atoms with van der Waals surface area (Å²) in [5.74, 6) is -0.276. The van der Waals surface area contributed by atoms with Gasteiger partial charge in [-0.15, -0.1) is 0 Å². The first-order valence-corrected chi connectivity index (χ1v) is 7.30. The first-order chi connectivity index (χ1) is 9.77. The highest BCUT2D eigenvalue weighted by Gasteiger charge is 2.30. The number of carbonyl (C=O) groups excluding carboxylic acids is 1. The normalized spacial score (nSPS) is 17.7. The lowest BCUT2D eigenvalue weighted by molar-refractivity contribution is -0.142. The molecule has 4 nitrogen and oxygen atoms in total. The molecule has 0 aliphatic carbocycles. The molecule has 0 spiro atoms. The molecular formula is C16H23NO3. The molecule has 0 saturated heterocycles. The van der Waals surface area contributed by atoms with Gasteiger partial charge >= 0.3 is 5.97 Å². The van der Waals surface area contributed by atoms with E-state index in [1.165, 1.54) is 7.11 Å². The van der Waals surface area contributed by atoms with Gasteiger partial charge in [-0.2, -0.15) is 0 Å². The smallest absolute Gasteiger partial charge is 0.313 e. The highest BCUT2D eigenvalue weighted by molar-refractivity contribution is 5.81. The fourth-order valence-corrected chi connectivity index (χ4v) is 2.84. The molecule has 4 heteroatoms. The van der Waals surface area contributed by atoms with Crippen molar-refractivity contribution in [3.05, 3.63) is 29.8 Å². The van der Waals surface area contributed by atoms with Gasteiger partial charge in [-0.3, -0.25) is 4.79 Å². The van der Waals surface area contributed by atoms with Gasteiger partial charge in [0.25, 0.3) is 0 Å². The van der Waals surface area contributed by atoms with Crippen molar-refractivity contribution in [1.82, 2.24) is 0 Å². The number of carbonyl (C=O) groups is 1. The fraction of sp³-hybridized carbons (Fsp3) is 0.562. The highest BCUT2D eigenvalue weighted by Crippen LogP contribution is 2.35. The van der Waals surface area contributed by atoms with Gasteiger partial charge in [0.15, 0.2) is 0 Å². The zero-order chi connectivity index (χ0) is 14.4. The Bertz CT molecular complexity index is 447. The summed E-state index contributed by atoms with van der Waals surface area (Å²) < 4.78 is 4.91. The molecule has 1 aromatic carbocycles.